The standard InChI is InChI=1S/C27H21F4NO4/c1-14-12-15(2)25(36-3)20(13-14)23(33)21-22(16-4-8-18(28)9-5-16)32(26(35)24(21)34)19-10-6-17(7-11-19)27(29,30)31/h4-13,22,33H,1-3H3/b23-21+. The number of amides is 1. The van der Waals surface area contributed by atoms with Gasteiger partial charge in [-0.15, -0.1) is 0 Å². The number of carbonyl (C=O) groups is 2. The van der Waals surface area contributed by atoms with Crippen molar-refractivity contribution in [3.05, 3.63) is 99.9 Å². The summed E-state index contributed by atoms with van der Waals surface area (Å²) in [5, 5.41) is 11.3. The second-order valence-electron chi connectivity index (χ2n) is 8.43. The quantitative estimate of drug-likeness (QED) is 0.204. The van der Waals surface area contributed by atoms with Crippen molar-refractivity contribution in [2.45, 2.75) is 26.1 Å². The maximum Gasteiger partial charge on any atom is 0.416 e. The number of methoxy groups -OCH3 is 1. The fraction of sp³-hybridized carbons (Fsp3) is 0.185. The molecule has 3 aromatic carbocycles. The van der Waals surface area contributed by atoms with E-state index < -0.39 is 41.0 Å². The number of hydrogen-bond donors (Lipinski definition) is 1. The second-order valence-corrected chi connectivity index (χ2v) is 8.43. The van der Waals surface area contributed by atoms with Crippen molar-refractivity contribution in [2.24, 2.45) is 0 Å². The Morgan fingerprint density at radius 2 is 1.58 bits per heavy atom. The van der Waals surface area contributed by atoms with Crippen molar-refractivity contribution in [1.29, 1.82) is 0 Å². The number of alkyl halides is 3. The summed E-state index contributed by atoms with van der Waals surface area (Å²) < 4.78 is 58.4. The lowest BCUT2D eigenvalue weighted by Crippen LogP contribution is -2.29. The molecular formula is C27H21F4NO4. The molecule has 1 aliphatic rings. The number of aliphatic hydroxyl groups excluding tert-OH is 1. The van der Waals surface area contributed by atoms with E-state index in [1.807, 2.05) is 6.07 Å². The number of anilines is 1. The number of carbonyl (C=O) groups excluding carboxylic acids is 2. The summed E-state index contributed by atoms with van der Waals surface area (Å²) >= 11 is 0. The predicted molar refractivity (Wildman–Crippen MR) is 125 cm³/mol. The summed E-state index contributed by atoms with van der Waals surface area (Å²) in [4.78, 5) is 27.4. The Morgan fingerprint density at radius 3 is 2.14 bits per heavy atom. The highest BCUT2D eigenvalue weighted by atomic mass is 19.4. The molecule has 186 valence electrons. The van der Waals surface area contributed by atoms with Crippen LogP contribution < -0.4 is 9.64 Å². The summed E-state index contributed by atoms with van der Waals surface area (Å²) in [7, 11) is 1.40. The third-order valence-electron chi connectivity index (χ3n) is 5.98. The van der Waals surface area contributed by atoms with Crippen molar-refractivity contribution in [3.63, 3.8) is 0 Å². The molecule has 1 N–H and O–H groups in total. The molecule has 0 radical (unpaired) electrons. The minimum atomic E-state index is -4.59. The van der Waals surface area contributed by atoms with Gasteiger partial charge in [0.25, 0.3) is 11.7 Å². The van der Waals surface area contributed by atoms with Crippen LogP contribution in [-0.4, -0.2) is 23.9 Å². The summed E-state index contributed by atoms with van der Waals surface area (Å²) in [6, 6.07) is 10.8. The van der Waals surface area contributed by atoms with E-state index in [2.05, 4.69) is 0 Å². The molecule has 1 atom stereocenters. The van der Waals surface area contributed by atoms with Crippen LogP contribution in [-0.2, 0) is 15.8 Å². The Balaban J connectivity index is 1.96. The van der Waals surface area contributed by atoms with Crippen LogP contribution in [0.2, 0.25) is 0 Å². The zero-order chi connectivity index (χ0) is 26.4. The maximum atomic E-state index is 13.7. The molecule has 1 aliphatic heterocycles. The lowest BCUT2D eigenvalue weighted by Gasteiger charge is -2.26. The molecule has 5 nitrogen and oxygen atoms in total. The Kier molecular flexibility index (Phi) is 6.34. The van der Waals surface area contributed by atoms with Crippen molar-refractivity contribution in [3.8, 4) is 5.75 Å². The normalized spacial score (nSPS) is 17.5. The summed E-state index contributed by atoms with van der Waals surface area (Å²) in [5.74, 6) is -2.88. The van der Waals surface area contributed by atoms with Gasteiger partial charge in [0.05, 0.1) is 29.9 Å². The molecule has 1 fully saturated rings. The molecule has 0 bridgehead atoms. The van der Waals surface area contributed by atoms with Gasteiger partial charge in [-0.1, -0.05) is 18.2 Å². The third-order valence-corrected chi connectivity index (χ3v) is 5.98. The molecule has 9 heteroatoms. The zero-order valence-electron chi connectivity index (χ0n) is 19.5. The van der Waals surface area contributed by atoms with E-state index in [-0.39, 0.29) is 28.1 Å². The molecule has 4 rings (SSSR count). The van der Waals surface area contributed by atoms with Crippen LogP contribution in [0.15, 0.2) is 66.2 Å². The molecule has 0 spiro atoms. The van der Waals surface area contributed by atoms with E-state index in [1.165, 1.54) is 19.2 Å². The Labute approximate surface area is 204 Å². The Hall–Kier alpha value is -4.14. The molecule has 36 heavy (non-hydrogen) atoms. The lowest BCUT2D eigenvalue weighted by atomic mass is 9.93. The van der Waals surface area contributed by atoms with E-state index in [9.17, 15) is 32.3 Å². The molecule has 3 aromatic rings. The van der Waals surface area contributed by atoms with Gasteiger partial charge in [0, 0.05) is 5.69 Å². The smallest absolute Gasteiger partial charge is 0.416 e. The van der Waals surface area contributed by atoms with Gasteiger partial charge in [-0.2, -0.15) is 13.2 Å². The average molecular weight is 499 g/mol. The number of Topliss-reactive ketones (excluding diaryl/α,β-unsaturated/α-hetero) is 1. The van der Waals surface area contributed by atoms with E-state index in [1.54, 1.807) is 19.9 Å². The monoisotopic (exact) mass is 499 g/mol. The Morgan fingerprint density at radius 1 is 0.972 bits per heavy atom. The minimum absolute atomic E-state index is 0.00543. The molecule has 0 aliphatic carbocycles. The van der Waals surface area contributed by atoms with Gasteiger partial charge in [-0.25, -0.2) is 4.39 Å². The number of hydrogen-bond acceptors (Lipinski definition) is 4. The zero-order valence-corrected chi connectivity index (χ0v) is 19.5. The molecule has 1 heterocycles. The van der Waals surface area contributed by atoms with E-state index in [0.717, 1.165) is 46.9 Å². The van der Waals surface area contributed by atoms with E-state index >= 15 is 0 Å². The van der Waals surface area contributed by atoms with Crippen LogP contribution in [0.4, 0.5) is 23.2 Å². The number of halogens is 4. The SMILES string of the molecule is COc1c(C)cc(C)cc1/C(O)=C1\C(=O)C(=O)N(c2ccc(C(F)(F)F)cc2)C1c1ccc(F)cc1. The van der Waals surface area contributed by atoms with Gasteiger partial charge >= 0.3 is 6.18 Å². The summed E-state index contributed by atoms with van der Waals surface area (Å²) in [6.07, 6.45) is -4.59. The van der Waals surface area contributed by atoms with Gasteiger partial charge < -0.3 is 9.84 Å². The first-order chi connectivity index (χ1) is 16.9. The predicted octanol–water partition coefficient (Wildman–Crippen LogP) is 6.10. The number of nitrogens with zero attached hydrogens (tertiary/aromatic N) is 1. The van der Waals surface area contributed by atoms with Gasteiger partial charge in [0.15, 0.2) is 0 Å². The van der Waals surface area contributed by atoms with Crippen molar-refractivity contribution < 1.29 is 37.0 Å². The second kappa shape index (κ2) is 9.14. The number of aryl methyl sites for hydroxylation is 2. The number of aliphatic hydroxyl groups is 1. The number of rotatable bonds is 4. The van der Waals surface area contributed by atoms with Crippen LogP contribution in [0.5, 0.6) is 5.75 Å². The molecule has 0 aromatic heterocycles. The average Bonchev–Trinajstić information content (AvgIpc) is 3.08. The van der Waals surface area contributed by atoms with Gasteiger partial charge in [0.2, 0.25) is 0 Å². The summed E-state index contributed by atoms with van der Waals surface area (Å²) in [5.41, 5.74) is 0.661. The van der Waals surface area contributed by atoms with Crippen LogP contribution in [0, 0.1) is 19.7 Å². The van der Waals surface area contributed by atoms with Crippen molar-refractivity contribution in [1.82, 2.24) is 0 Å². The van der Waals surface area contributed by atoms with Crippen LogP contribution in [0.1, 0.15) is 33.9 Å². The van der Waals surface area contributed by atoms with Crippen molar-refractivity contribution >= 4 is 23.1 Å². The largest absolute Gasteiger partial charge is 0.507 e. The number of ether oxygens (including phenoxy) is 1. The van der Waals surface area contributed by atoms with E-state index in [0.29, 0.717) is 5.56 Å². The molecule has 0 saturated carbocycles. The lowest BCUT2D eigenvalue weighted by molar-refractivity contribution is -0.137. The molecule has 1 amide bonds. The number of benzene rings is 3. The Bertz CT molecular complexity index is 1380. The minimum Gasteiger partial charge on any atom is -0.507 e. The fourth-order valence-electron chi connectivity index (χ4n) is 4.42. The van der Waals surface area contributed by atoms with E-state index in [4.69, 9.17) is 4.74 Å². The van der Waals surface area contributed by atoms with Gasteiger partial charge in [0.1, 0.15) is 17.3 Å². The topological polar surface area (TPSA) is 66.8 Å². The van der Waals surface area contributed by atoms with Crippen LogP contribution >= 0.6 is 0 Å². The molecule has 1 saturated heterocycles. The molecule has 1 unspecified atom stereocenters. The first kappa shape index (κ1) is 25.0. The van der Waals surface area contributed by atoms with Gasteiger partial charge in [-0.05, 0) is 73.0 Å². The highest BCUT2D eigenvalue weighted by molar-refractivity contribution is 6.51. The maximum absolute atomic E-state index is 13.7. The van der Waals surface area contributed by atoms with Crippen LogP contribution in [0.25, 0.3) is 5.76 Å². The van der Waals surface area contributed by atoms with Gasteiger partial charge in [-0.3, -0.25) is 14.5 Å². The van der Waals surface area contributed by atoms with Crippen LogP contribution in [0.3, 0.4) is 0 Å². The van der Waals surface area contributed by atoms with Crippen molar-refractivity contribution in [2.75, 3.05) is 12.0 Å². The third kappa shape index (κ3) is 4.32. The first-order valence-corrected chi connectivity index (χ1v) is 10.8. The molecular weight excluding hydrogens is 478 g/mol. The fourth-order valence-corrected chi connectivity index (χ4v) is 4.42. The highest BCUT2D eigenvalue weighted by Gasteiger charge is 2.47. The number of ketones is 1. The highest BCUT2D eigenvalue weighted by Crippen LogP contribution is 2.44. The summed E-state index contributed by atoms with van der Waals surface area (Å²) in [6.45, 7) is 3.53. The first-order valence-electron chi connectivity index (χ1n) is 10.8.